The van der Waals surface area contributed by atoms with Crippen LogP contribution in [-0.4, -0.2) is 51.0 Å². The minimum Gasteiger partial charge on any atom is -0.480 e. The van der Waals surface area contributed by atoms with E-state index in [1.807, 2.05) is 0 Å². The minimum atomic E-state index is -0.948. The summed E-state index contributed by atoms with van der Waals surface area (Å²) in [6, 6.07) is 0.923. The maximum absolute atomic E-state index is 12.1. The molecule has 1 aromatic heterocycles. The number of carboxylic acid groups (broad SMARTS) is 1. The number of carbonyl (C=O) groups excluding carboxylic acids is 1. The normalized spacial score (nSPS) is 20.3. The Bertz CT molecular complexity index is 449. The monoisotopic (exact) mass is 318 g/mol. The fourth-order valence-electron chi connectivity index (χ4n) is 1.70. The predicted molar refractivity (Wildman–Crippen MR) is 68.3 cm³/mol. The van der Waals surface area contributed by atoms with Gasteiger partial charge in [-0.05, 0) is 22.0 Å². The summed E-state index contributed by atoms with van der Waals surface area (Å²) in [4.78, 5) is 27.4. The van der Waals surface area contributed by atoms with E-state index >= 15 is 0 Å². The Morgan fingerprint density at radius 2 is 2.35 bits per heavy atom. The number of carbonyl (C=O) groups is 2. The third-order valence-electron chi connectivity index (χ3n) is 2.55. The van der Waals surface area contributed by atoms with Crippen LogP contribution in [0.5, 0.6) is 0 Å². The van der Waals surface area contributed by atoms with Gasteiger partial charge in [0.2, 0.25) is 0 Å². The van der Waals surface area contributed by atoms with Crippen LogP contribution in [0.2, 0.25) is 0 Å². The first kappa shape index (κ1) is 12.5. The van der Waals surface area contributed by atoms with E-state index < -0.39 is 12.0 Å². The third-order valence-corrected chi connectivity index (χ3v) is 4.03. The summed E-state index contributed by atoms with van der Waals surface area (Å²) in [6.07, 6.45) is 1.65. The second kappa shape index (κ2) is 5.14. The third kappa shape index (κ3) is 2.66. The van der Waals surface area contributed by atoms with Crippen LogP contribution in [0.15, 0.2) is 16.7 Å². The minimum absolute atomic E-state index is 0.261. The van der Waals surface area contributed by atoms with Crippen LogP contribution in [0.1, 0.15) is 10.5 Å². The lowest BCUT2D eigenvalue weighted by Crippen LogP contribution is -2.50. The summed E-state index contributed by atoms with van der Waals surface area (Å²) in [5.41, 5.74) is 0.412. The van der Waals surface area contributed by atoms with E-state index in [9.17, 15) is 9.59 Å². The Labute approximate surface area is 111 Å². The van der Waals surface area contributed by atoms with Crippen molar-refractivity contribution < 1.29 is 14.7 Å². The van der Waals surface area contributed by atoms with Gasteiger partial charge in [0.15, 0.2) is 0 Å². The quantitative estimate of drug-likeness (QED) is 0.865. The number of nitrogens with zero attached hydrogens (tertiary/aromatic N) is 1. The first-order chi connectivity index (χ1) is 8.09. The first-order valence-corrected chi connectivity index (χ1v) is 7.00. The molecule has 5 nitrogen and oxygen atoms in total. The lowest BCUT2D eigenvalue weighted by Gasteiger charge is -2.32. The average Bonchev–Trinajstić information content (AvgIpc) is 2.75. The Hall–Kier alpha value is -0.950. The number of amides is 1. The number of thioether (sulfide) groups is 1. The number of aliphatic carboxylic acids is 1. The Morgan fingerprint density at radius 3 is 2.94 bits per heavy atom. The van der Waals surface area contributed by atoms with Crippen molar-refractivity contribution in [2.75, 3.05) is 18.1 Å². The standard InChI is InChI=1S/C10H11BrN2O3S/c11-6-3-7(12-4-6)9(14)13-1-2-17-5-8(13)10(15)16/h3-4,8,12H,1-2,5H2,(H,15,16). The van der Waals surface area contributed by atoms with Crippen LogP contribution >= 0.6 is 27.7 Å². The molecule has 1 amide bonds. The number of halogens is 1. The molecule has 1 unspecified atom stereocenters. The van der Waals surface area contributed by atoms with Crippen LogP contribution in [0.25, 0.3) is 0 Å². The van der Waals surface area contributed by atoms with E-state index in [2.05, 4.69) is 20.9 Å². The molecule has 7 heteroatoms. The van der Waals surface area contributed by atoms with E-state index in [0.717, 1.165) is 10.2 Å². The van der Waals surface area contributed by atoms with E-state index in [1.54, 1.807) is 24.0 Å². The number of hydrogen-bond donors (Lipinski definition) is 2. The molecule has 17 heavy (non-hydrogen) atoms. The fraction of sp³-hybridized carbons (Fsp3) is 0.400. The summed E-state index contributed by atoms with van der Waals surface area (Å²) in [6.45, 7) is 0.469. The summed E-state index contributed by atoms with van der Waals surface area (Å²) < 4.78 is 0.777. The lowest BCUT2D eigenvalue weighted by atomic mass is 10.2. The summed E-state index contributed by atoms with van der Waals surface area (Å²) in [7, 11) is 0. The van der Waals surface area contributed by atoms with Crippen LogP contribution < -0.4 is 0 Å². The first-order valence-electron chi connectivity index (χ1n) is 5.05. The van der Waals surface area contributed by atoms with E-state index in [1.165, 1.54) is 4.90 Å². The van der Waals surface area contributed by atoms with Crippen molar-refractivity contribution >= 4 is 39.6 Å². The zero-order valence-electron chi connectivity index (χ0n) is 8.85. The van der Waals surface area contributed by atoms with Crippen molar-refractivity contribution in [2.45, 2.75) is 6.04 Å². The maximum atomic E-state index is 12.1. The number of aromatic nitrogens is 1. The zero-order valence-corrected chi connectivity index (χ0v) is 11.3. The highest BCUT2D eigenvalue weighted by Crippen LogP contribution is 2.20. The lowest BCUT2D eigenvalue weighted by molar-refractivity contribution is -0.141. The number of rotatable bonds is 2. The maximum Gasteiger partial charge on any atom is 0.327 e. The van der Waals surface area contributed by atoms with E-state index in [-0.39, 0.29) is 5.91 Å². The molecule has 0 saturated carbocycles. The molecule has 0 radical (unpaired) electrons. The highest BCUT2D eigenvalue weighted by atomic mass is 79.9. The van der Waals surface area contributed by atoms with Gasteiger partial charge in [0.25, 0.3) is 5.91 Å². The van der Waals surface area contributed by atoms with Gasteiger partial charge in [-0.25, -0.2) is 4.79 Å². The largest absolute Gasteiger partial charge is 0.480 e. The summed E-state index contributed by atoms with van der Waals surface area (Å²) in [5.74, 6) is 0.0138. The molecule has 1 saturated heterocycles. The molecule has 2 heterocycles. The van der Waals surface area contributed by atoms with Crippen molar-refractivity contribution in [1.29, 1.82) is 0 Å². The van der Waals surface area contributed by atoms with Crippen LogP contribution in [0.4, 0.5) is 0 Å². The van der Waals surface area contributed by atoms with Gasteiger partial charge in [-0.3, -0.25) is 4.79 Å². The Kier molecular flexibility index (Phi) is 3.78. The van der Waals surface area contributed by atoms with Crippen molar-refractivity contribution in [2.24, 2.45) is 0 Å². The highest BCUT2D eigenvalue weighted by molar-refractivity contribution is 9.10. The number of carboxylic acids is 1. The number of nitrogens with one attached hydrogen (secondary N) is 1. The molecule has 1 aliphatic heterocycles. The topological polar surface area (TPSA) is 73.4 Å². The summed E-state index contributed by atoms with van der Waals surface area (Å²) >= 11 is 4.80. The van der Waals surface area contributed by atoms with Crippen molar-refractivity contribution in [3.05, 3.63) is 22.4 Å². The van der Waals surface area contributed by atoms with Crippen molar-refractivity contribution in [3.63, 3.8) is 0 Å². The van der Waals surface area contributed by atoms with Crippen LogP contribution in [-0.2, 0) is 4.79 Å². The molecule has 0 aliphatic carbocycles. The molecule has 0 bridgehead atoms. The smallest absolute Gasteiger partial charge is 0.327 e. The van der Waals surface area contributed by atoms with Gasteiger partial charge in [-0.15, -0.1) is 0 Å². The fourth-order valence-corrected chi connectivity index (χ4v) is 3.08. The van der Waals surface area contributed by atoms with Gasteiger partial charge in [0.1, 0.15) is 11.7 Å². The van der Waals surface area contributed by atoms with Crippen molar-refractivity contribution in [3.8, 4) is 0 Å². The molecule has 2 N–H and O–H groups in total. The van der Waals surface area contributed by atoms with Crippen molar-refractivity contribution in [1.82, 2.24) is 9.88 Å². The number of H-pyrrole nitrogens is 1. The molecule has 0 spiro atoms. The second-order valence-corrected chi connectivity index (χ2v) is 5.72. The van der Waals surface area contributed by atoms with Gasteiger partial charge in [-0.1, -0.05) is 0 Å². The van der Waals surface area contributed by atoms with Gasteiger partial charge in [0.05, 0.1) is 0 Å². The molecule has 0 aromatic carbocycles. The predicted octanol–water partition coefficient (Wildman–Crippen LogP) is 1.42. The zero-order chi connectivity index (χ0) is 12.4. The molecule has 1 fully saturated rings. The Morgan fingerprint density at radius 1 is 1.59 bits per heavy atom. The van der Waals surface area contributed by atoms with Gasteiger partial charge in [-0.2, -0.15) is 11.8 Å². The van der Waals surface area contributed by atoms with Crippen LogP contribution in [0, 0.1) is 0 Å². The molecule has 92 valence electrons. The molecular formula is C10H11BrN2O3S. The molecule has 2 rings (SSSR count). The highest BCUT2D eigenvalue weighted by Gasteiger charge is 2.33. The van der Waals surface area contributed by atoms with Crippen LogP contribution in [0.3, 0.4) is 0 Å². The second-order valence-electron chi connectivity index (χ2n) is 3.66. The van der Waals surface area contributed by atoms with E-state index in [0.29, 0.717) is 18.0 Å². The molecule has 1 aromatic rings. The van der Waals surface area contributed by atoms with Gasteiger partial charge in [0, 0.05) is 28.7 Å². The number of aromatic amines is 1. The average molecular weight is 319 g/mol. The Balaban J connectivity index is 2.19. The van der Waals surface area contributed by atoms with Gasteiger partial charge >= 0.3 is 5.97 Å². The van der Waals surface area contributed by atoms with Gasteiger partial charge < -0.3 is 15.0 Å². The molecular weight excluding hydrogens is 308 g/mol. The molecule has 1 aliphatic rings. The number of hydrogen-bond acceptors (Lipinski definition) is 3. The summed E-state index contributed by atoms with van der Waals surface area (Å²) in [5, 5.41) is 9.08. The van der Waals surface area contributed by atoms with E-state index in [4.69, 9.17) is 5.11 Å². The SMILES string of the molecule is O=C(O)C1CSCCN1C(=O)c1cc(Br)c[nH]1. The molecule has 1 atom stereocenters.